The van der Waals surface area contributed by atoms with Crippen molar-refractivity contribution in [2.24, 2.45) is 0 Å². The van der Waals surface area contributed by atoms with Crippen LogP contribution in [0.15, 0.2) is 0 Å². The molecule has 1 atom stereocenters. The van der Waals surface area contributed by atoms with Gasteiger partial charge in [0.2, 0.25) is 0 Å². The first kappa shape index (κ1) is 8.53. The number of ether oxygens (including phenoxy) is 1. The Morgan fingerprint density at radius 2 is 2.33 bits per heavy atom. The molecule has 0 rings (SSSR count). The van der Waals surface area contributed by atoms with Gasteiger partial charge in [-0.2, -0.15) is 0 Å². The van der Waals surface area contributed by atoms with E-state index in [1.165, 1.54) is 6.92 Å². The Balaban J connectivity index is 3.10. The van der Waals surface area contributed by atoms with Crippen molar-refractivity contribution in [3.63, 3.8) is 0 Å². The maximum Gasteiger partial charge on any atom is 0.312 e. The van der Waals surface area contributed by atoms with Crippen molar-refractivity contribution in [1.82, 2.24) is 0 Å². The normalized spacial score (nSPS) is 10.7. The molecule has 0 bridgehead atoms. The van der Waals surface area contributed by atoms with Gasteiger partial charge in [0.25, 0.3) is 0 Å². The highest BCUT2D eigenvalue weighted by molar-refractivity contribution is 7.36. The van der Waals surface area contributed by atoms with E-state index in [1.54, 1.807) is 0 Å². The molecule has 5 heteroatoms. The van der Waals surface area contributed by atoms with Crippen molar-refractivity contribution in [2.75, 3.05) is 12.8 Å². The first-order chi connectivity index (χ1) is 4.13. The summed E-state index contributed by atoms with van der Waals surface area (Å²) in [7, 11) is -2.41. The summed E-state index contributed by atoms with van der Waals surface area (Å²) in [4.78, 5) is 19.8. The van der Waals surface area contributed by atoms with Gasteiger partial charge in [-0.25, -0.2) is 0 Å². The van der Waals surface area contributed by atoms with Crippen LogP contribution in [0.2, 0.25) is 0 Å². The second-order valence-electron chi connectivity index (χ2n) is 1.40. The largest absolute Gasteiger partial charge is 0.595 e. The third-order valence-corrected chi connectivity index (χ3v) is 1.13. The van der Waals surface area contributed by atoms with E-state index in [0.717, 1.165) is 0 Å². The summed E-state index contributed by atoms with van der Waals surface area (Å²) >= 11 is 0. The molecular formula is C4H7O4P. The molecular weight excluding hydrogens is 143 g/mol. The van der Waals surface area contributed by atoms with E-state index in [1.807, 2.05) is 0 Å². The predicted molar refractivity (Wildman–Crippen MR) is 29.1 cm³/mol. The van der Waals surface area contributed by atoms with Gasteiger partial charge in [0.05, 0.1) is 0 Å². The summed E-state index contributed by atoms with van der Waals surface area (Å²) < 4.78 is 14.2. The van der Waals surface area contributed by atoms with E-state index >= 15 is 0 Å². The lowest BCUT2D eigenvalue weighted by Crippen LogP contribution is -2.04. The third kappa shape index (κ3) is 7.53. The van der Waals surface area contributed by atoms with Crippen LogP contribution in [0, 0.1) is 0 Å². The molecule has 0 saturated heterocycles. The molecule has 52 valence electrons. The molecule has 0 heterocycles. The molecule has 9 heavy (non-hydrogen) atoms. The molecule has 0 aliphatic rings. The second kappa shape index (κ2) is 4.41. The van der Waals surface area contributed by atoms with Crippen molar-refractivity contribution in [1.29, 1.82) is 0 Å². The van der Waals surface area contributed by atoms with E-state index in [-0.39, 0.29) is 12.8 Å². The van der Waals surface area contributed by atoms with Crippen LogP contribution in [0.3, 0.4) is 0 Å². The molecule has 0 aromatic rings. The van der Waals surface area contributed by atoms with Crippen LogP contribution in [-0.4, -0.2) is 18.7 Å². The number of carbonyl (C=O) groups excluding carboxylic acids is 1. The molecule has 0 aliphatic carbocycles. The van der Waals surface area contributed by atoms with Gasteiger partial charge in [0.15, 0.2) is 6.16 Å². The Hall–Kier alpha value is -0.470. The van der Waals surface area contributed by atoms with Crippen molar-refractivity contribution < 1.29 is 19.0 Å². The van der Waals surface area contributed by atoms with Gasteiger partial charge in [0.1, 0.15) is 6.61 Å². The van der Waals surface area contributed by atoms with Crippen molar-refractivity contribution >= 4 is 14.0 Å². The van der Waals surface area contributed by atoms with Gasteiger partial charge in [-0.3, -0.25) is 4.79 Å². The summed E-state index contributed by atoms with van der Waals surface area (Å²) in [5, 5.41) is 0. The molecule has 0 aliphatic heterocycles. The zero-order valence-electron chi connectivity index (χ0n) is 4.99. The summed E-state index contributed by atoms with van der Waals surface area (Å²) in [6.07, 6.45) is -0.0884. The van der Waals surface area contributed by atoms with Crippen molar-refractivity contribution in [3.8, 4) is 0 Å². The van der Waals surface area contributed by atoms with E-state index in [9.17, 15) is 14.3 Å². The monoisotopic (exact) mass is 150 g/mol. The molecule has 0 aromatic heterocycles. The van der Waals surface area contributed by atoms with Crippen LogP contribution in [-0.2, 0) is 14.1 Å². The Kier molecular flexibility index (Phi) is 4.18. The first-order valence-electron chi connectivity index (χ1n) is 2.38. The van der Waals surface area contributed by atoms with Crippen LogP contribution in [0.5, 0.6) is 0 Å². The Bertz CT molecular complexity index is 108. The Morgan fingerprint density at radius 1 is 1.78 bits per heavy atom. The highest BCUT2D eigenvalue weighted by atomic mass is 31.1. The molecule has 0 saturated carbocycles. The van der Waals surface area contributed by atoms with Crippen LogP contribution in [0.25, 0.3) is 0 Å². The number of hydrogen-bond donors (Lipinski definition) is 0. The topological polar surface area (TPSA) is 66.4 Å². The zero-order chi connectivity index (χ0) is 7.28. The SMILES string of the molecule is CC(=O)OCC[P+](=O)[O-]. The average Bonchev–Trinajstić information content (AvgIpc) is 1.63. The third-order valence-electron chi connectivity index (χ3n) is 0.579. The number of esters is 1. The lowest BCUT2D eigenvalue weighted by Gasteiger charge is -1.93. The summed E-state index contributed by atoms with van der Waals surface area (Å²) in [5.74, 6) is -0.452. The second-order valence-corrected chi connectivity index (χ2v) is 2.51. The molecule has 0 aromatic carbocycles. The summed E-state index contributed by atoms with van der Waals surface area (Å²) in [6.45, 7) is 1.20. The summed E-state index contributed by atoms with van der Waals surface area (Å²) in [6, 6.07) is 0. The van der Waals surface area contributed by atoms with Gasteiger partial charge >= 0.3 is 14.0 Å². The fourth-order valence-corrected chi connectivity index (χ4v) is 0.504. The smallest absolute Gasteiger partial charge is 0.312 e. The molecule has 0 radical (unpaired) electrons. The molecule has 0 spiro atoms. The predicted octanol–water partition coefficient (Wildman–Crippen LogP) is -0.348. The number of hydrogen-bond acceptors (Lipinski definition) is 4. The van der Waals surface area contributed by atoms with Gasteiger partial charge in [-0.1, -0.05) is 4.57 Å². The summed E-state index contributed by atoms with van der Waals surface area (Å²) in [5.41, 5.74) is 0. The fraction of sp³-hybridized carbons (Fsp3) is 0.750. The van der Waals surface area contributed by atoms with Crippen molar-refractivity contribution in [3.05, 3.63) is 0 Å². The molecule has 0 N–H and O–H groups in total. The van der Waals surface area contributed by atoms with Crippen LogP contribution < -0.4 is 4.89 Å². The van der Waals surface area contributed by atoms with Gasteiger partial charge in [0, 0.05) is 6.92 Å². The average molecular weight is 150 g/mol. The maximum atomic E-state index is 10.0. The van der Waals surface area contributed by atoms with E-state index in [4.69, 9.17) is 0 Å². The minimum absolute atomic E-state index is 0.0337. The molecule has 0 amide bonds. The molecule has 0 fully saturated rings. The van der Waals surface area contributed by atoms with Crippen LogP contribution in [0.4, 0.5) is 0 Å². The Morgan fingerprint density at radius 3 is 2.67 bits per heavy atom. The standard InChI is InChI=1S/C4H7O4P/c1-4(5)8-2-3-9(6)7/h2-3H2,1H3. The lowest BCUT2D eigenvalue weighted by atomic mass is 10.8. The maximum absolute atomic E-state index is 10.0. The highest BCUT2D eigenvalue weighted by Crippen LogP contribution is 2.04. The van der Waals surface area contributed by atoms with Gasteiger partial charge in [-0.15, -0.1) is 0 Å². The van der Waals surface area contributed by atoms with E-state index in [0.29, 0.717) is 0 Å². The minimum atomic E-state index is -2.41. The lowest BCUT2D eigenvalue weighted by molar-refractivity contribution is -0.165. The number of rotatable bonds is 3. The molecule has 4 nitrogen and oxygen atoms in total. The van der Waals surface area contributed by atoms with Crippen LogP contribution in [0.1, 0.15) is 6.92 Å². The fourth-order valence-electron chi connectivity index (χ4n) is 0.264. The van der Waals surface area contributed by atoms with Gasteiger partial charge < -0.3 is 9.63 Å². The zero-order valence-corrected chi connectivity index (χ0v) is 5.89. The minimum Gasteiger partial charge on any atom is -0.595 e. The van der Waals surface area contributed by atoms with Crippen molar-refractivity contribution in [2.45, 2.75) is 6.92 Å². The molecule has 1 unspecified atom stereocenters. The van der Waals surface area contributed by atoms with Gasteiger partial charge in [-0.05, 0) is 0 Å². The number of carbonyl (C=O) groups is 1. The Labute approximate surface area is 53.7 Å². The van der Waals surface area contributed by atoms with E-state index < -0.39 is 14.0 Å². The quantitative estimate of drug-likeness (QED) is 0.407. The first-order valence-corrected chi connectivity index (χ1v) is 3.74. The van der Waals surface area contributed by atoms with Crippen LogP contribution >= 0.6 is 8.03 Å². The highest BCUT2D eigenvalue weighted by Gasteiger charge is 2.00. The van der Waals surface area contributed by atoms with E-state index in [2.05, 4.69) is 4.74 Å².